The Bertz CT molecular complexity index is 1430. The van der Waals surface area contributed by atoms with E-state index in [-0.39, 0.29) is 12.1 Å². The minimum Gasteiger partial charge on any atom is -0.480 e. The van der Waals surface area contributed by atoms with E-state index in [2.05, 4.69) is 36.5 Å². The zero-order chi connectivity index (χ0) is 23.4. The predicted molar refractivity (Wildman–Crippen MR) is 138 cm³/mol. The fourth-order valence-electron chi connectivity index (χ4n) is 4.55. The van der Waals surface area contributed by atoms with Gasteiger partial charge in [0.1, 0.15) is 17.9 Å². The Labute approximate surface area is 211 Å². The smallest absolute Gasteiger partial charge is 0.227 e. The Morgan fingerprint density at radius 1 is 0.941 bits per heavy atom. The normalized spacial score (nSPS) is 18.5. The minimum absolute atomic E-state index is 0.215. The SMILES string of the molecule is CSc1nc2n(n1)[C@@H](c1ccc(C)cc1)C1=C(N2)c2cc(Cl)ccc2O[C@H]1c1ccc(Cl)cc1. The van der Waals surface area contributed by atoms with E-state index < -0.39 is 0 Å². The number of halogens is 2. The van der Waals surface area contributed by atoms with Crippen LogP contribution in [0.4, 0.5) is 5.95 Å². The van der Waals surface area contributed by atoms with Gasteiger partial charge in [0, 0.05) is 21.2 Å². The molecule has 6 rings (SSSR count). The van der Waals surface area contributed by atoms with Crippen LogP contribution in [0.3, 0.4) is 0 Å². The predicted octanol–water partition coefficient (Wildman–Crippen LogP) is 7.18. The van der Waals surface area contributed by atoms with Gasteiger partial charge >= 0.3 is 0 Å². The number of nitrogens with one attached hydrogen (secondary N) is 1. The third-order valence-electron chi connectivity index (χ3n) is 6.16. The molecule has 0 aliphatic carbocycles. The summed E-state index contributed by atoms with van der Waals surface area (Å²) in [6.07, 6.45) is 1.62. The molecule has 3 heterocycles. The summed E-state index contributed by atoms with van der Waals surface area (Å²) in [6, 6.07) is 21.8. The van der Waals surface area contributed by atoms with Gasteiger partial charge in [0.15, 0.2) is 0 Å². The average Bonchev–Trinajstić information content (AvgIpc) is 3.27. The molecule has 8 heteroatoms. The van der Waals surface area contributed by atoms with E-state index in [9.17, 15) is 0 Å². The van der Waals surface area contributed by atoms with Crippen molar-refractivity contribution in [1.29, 1.82) is 0 Å². The zero-order valence-electron chi connectivity index (χ0n) is 18.4. The van der Waals surface area contributed by atoms with Gasteiger partial charge in [-0.2, -0.15) is 4.98 Å². The third-order valence-corrected chi connectivity index (χ3v) is 7.19. The van der Waals surface area contributed by atoms with Crippen molar-refractivity contribution in [2.24, 2.45) is 0 Å². The summed E-state index contributed by atoms with van der Waals surface area (Å²) in [7, 11) is 0. The fourth-order valence-corrected chi connectivity index (χ4v) is 5.20. The van der Waals surface area contributed by atoms with Gasteiger partial charge in [0.25, 0.3) is 0 Å². The molecule has 0 amide bonds. The quantitative estimate of drug-likeness (QED) is 0.298. The van der Waals surface area contributed by atoms with Crippen LogP contribution in [0.5, 0.6) is 5.75 Å². The molecule has 0 saturated heterocycles. The molecule has 2 aliphatic rings. The van der Waals surface area contributed by atoms with Crippen molar-refractivity contribution in [3.05, 3.63) is 105 Å². The van der Waals surface area contributed by atoms with Crippen molar-refractivity contribution >= 4 is 46.6 Å². The molecule has 1 N–H and O–H groups in total. The molecule has 0 spiro atoms. The van der Waals surface area contributed by atoms with Crippen LogP contribution in [0.1, 0.15) is 34.4 Å². The molecule has 0 saturated carbocycles. The van der Waals surface area contributed by atoms with E-state index in [4.69, 9.17) is 38.0 Å². The molecule has 3 aromatic carbocycles. The first-order chi connectivity index (χ1) is 16.5. The minimum atomic E-state index is -0.352. The summed E-state index contributed by atoms with van der Waals surface area (Å²) >= 11 is 14.1. The Hall–Kier alpha value is -2.93. The Kier molecular flexibility index (Phi) is 5.32. The van der Waals surface area contributed by atoms with Crippen molar-refractivity contribution in [3.8, 4) is 5.75 Å². The first kappa shape index (κ1) is 21.6. The van der Waals surface area contributed by atoms with Crippen LogP contribution in [-0.2, 0) is 0 Å². The molecule has 34 heavy (non-hydrogen) atoms. The Balaban J connectivity index is 1.63. The number of anilines is 1. The molecule has 5 nitrogen and oxygen atoms in total. The van der Waals surface area contributed by atoms with E-state index in [1.54, 1.807) is 0 Å². The lowest BCUT2D eigenvalue weighted by Gasteiger charge is -2.39. The molecule has 4 aromatic rings. The third kappa shape index (κ3) is 3.57. The van der Waals surface area contributed by atoms with E-state index >= 15 is 0 Å². The monoisotopic (exact) mass is 506 g/mol. The van der Waals surface area contributed by atoms with Gasteiger partial charge in [-0.3, -0.25) is 0 Å². The first-order valence-electron chi connectivity index (χ1n) is 10.8. The van der Waals surface area contributed by atoms with Crippen LogP contribution in [0.25, 0.3) is 5.70 Å². The maximum Gasteiger partial charge on any atom is 0.227 e. The molecular weight excluding hydrogens is 487 g/mol. The number of hydrogen-bond donors (Lipinski definition) is 1. The highest BCUT2D eigenvalue weighted by Crippen LogP contribution is 2.51. The van der Waals surface area contributed by atoms with Crippen LogP contribution in [0.15, 0.2) is 77.5 Å². The van der Waals surface area contributed by atoms with Gasteiger partial charge < -0.3 is 10.1 Å². The zero-order valence-corrected chi connectivity index (χ0v) is 20.7. The number of aryl methyl sites for hydroxylation is 1. The van der Waals surface area contributed by atoms with Gasteiger partial charge in [0.2, 0.25) is 11.1 Å². The second-order valence-electron chi connectivity index (χ2n) is 8.33. The molecule has 0 radical (unpaired) electrons. The maximum atomic E-state index is 6.64. The van der Waals surface area contributed by atoms with Gasteiger partial charge in [-0.15, -0.1) is 5.10 Å². The highest BCUT2D eigenvalue weighted by Gasteiger charge is 2.41. The van der Waals surface area contributed by atoms with Gasteiger partial charge in [0.05, 0.1) is 5.70 Å². The summed E-state index contributed by atoms with van der Waals surface area (Å²) in [5, 5.41) is 10.4. The second-order valence-corrected chi connectivity index (χ2v) is 9.97. The summed E-state index contributed by atoms with van der Waals surface area (Å²) in [5.41, 5.74) is 6.20. The van der Waals surface area contributed by atoms with Gasteiger partial charge in [-0.1, -0.05) is 76.9 Å². The molecule has 1 aromatic heterocycles. The van der Waals surface area contributed by atoms with Gasteiger partial charge in [-0.05, 0) is 54.6 Å². The van der Waals surface area contributed by atoms with Crippen molar-refractivity contribution < 1.29 is 4.74 Å². The number of rotatable bonds is 3. The van der Waals surface area contributed by atoms with Crippen LogP contribution in [0.2, 0.25) is 10.0 Å². The van der Waals surface area contributed by atoms with Gasteiger partial charge in [-0.25, -0.2) is 4.68 Å². The average molecular weight is 507 g/mol. The maximum absolute atomic E-state index is 6.64. The first-order valence-corrected chi connectivity index (χ1v) is 12.8. The van der Waals surface area contributed by atoms with E-state index in [1.807, 2.05) is 53.4 Å². The topological polar surface area (TPSA) is 52.0 Å². The van der Waals surface area contributed by atoms with Crippen LogP contribution < -0.4 is 10.1 Å². The van der Waals surface area contributed by atoms with Crippen molar-refractivity contribution in [2.45, 2.75) is 24.2 Å². The number of fused-ring (bicyclic) bond motifs is 3. The molecule has 0 fully saturated rings. The van der Waals surface area contributed by atoms with Crippen molar-refractivity contribution in [2.75, 3.05) is 11.6 Å². The van der Waals surface area contributed by atoms with E-state index in [0.29, 0.717) is 21.2 Å². The number of aromatic nitrogens is 3. The van der Waals surface area contributed by atoms with Crippen molar-refractivity contribution in [3.63, 3.8) is 0 Å². The summed E-state index contributed by atoms with van der Waals surface area (Å²) < 4.78 is 8.60. The Morgan fingerprint density at radius 3 is 2.38 bits per heavy atom. The number of nitrogens with zero attached hydrogens (tertiary/aromatic N) is 3. The van der Waals surface area contributed by atoms with E-state index in [0.717, 1.165) is 33.7 Å². The summed E-state index contributed by atoms with van der Waals surface area (Å²) in [5.74, 6) is 1.45. The molecule has 2 aliphatic heterocycles. The lowest BCUT2D eigenvalue weighted by Crippen LogP contribution is -2.32. The van der Waals surface area contributed by atoms with Crippen LogP contribution in [-0.4, -0.2) is 21.0 Å². The van der Waals surface area contributed by atoms with Crippen LogP contribution >= 0.6 is 35.0 Å². The highest BCUT2D eigenvalue weighted by atomic mass is 35.5. The lowest BCUT2D eigenvalue weighted by atomic mass is 9.84. The lowest BCUT2D eigenvalue weighted by molar-refractivity contribution is 0.223. The largest absolute Gasteiger partial charge is 0.480 e. The number of benzene rings is 3. The van der Waals surface area contributed by atoms with Crippen LogP contribution in [0, 0.1) is 6.92 Å². The van der Waals surface area contributed by atoms with Crippen molar-refractivity contribution in [1.82, 2.24) is 14.8 Å². The molecule has 0 bridgehead atoms. The molecule has 0 unspecified atom stereocenters. The second kappa shape index (κ2) is 8.38. The molecular formula is C26H20Cl2N4OS. The Morgan fingerprint density at radius 2 is 1.65 bits per heavy atom. The summed E-state index contributed by atoms with van der Waals surface area (Å²) in [4.78, 5) is 4.74. The molecule has 2 atom stereocenters. The standard InChI is InChI=1S/C26H20Cl2N4OS/c1-14-3-5-15(6-4-14)23-21-22(29-25-30-26(34-2)31-32(23)25)19-13-18(28)11-12-20(19)33-24(21)16-7-9-17(27)10-8-16/h3-13,23-24H,1-2H3,(H,29,30,31)/t23-,24-/m0/s1. The molecule has 170 valence electrons. The highest BCUT2D eigenvalue weighted by molar-refractivity contribution is 7.98. The van der Waals surface area contributed by atoms with E-state index in [1.165, 1.54) is 17.3 Å². The number of thioether (sulfide) groups is 1. The number of ether oxygens (including phenoxy) is 1. The number of hydrogen-bond acceptors (Lipinski definition) is 5. The summed E-state index contributed by atoms with van der Waals surface area (Å²) in [6.45, 7) is 2.09. The fraction of sp³-hybridized carbons (Fsp3) is 0.154.